The predicted molar refractivity (Wildman–Crippen MR) is 66.8 cm³/mol. The van der Waals surface area contributed by atoms with Gasteiger partial charge in [0.1, 0.15) is 6.04 Å². The molecule has 104 valence electrons. The van der Waals surface area contributed by atoms with Crippen LogP contribution in [0, 0.1) is 5.82 Å². The second-order valence-corrected chi connectivity index (χ2v) is 3.75. The molecular weight excluding hydrogens is 255 g/mol. The first kappa shape index (κ1) is 14.7. The molecule has 0 saturated heterocycles. The minimum Gasteiger partial charge on any atom is -0.494 e. The second kappa shape index (κ2) is 6.58. The summed E-state index contributed by atoms with van der Waals surface area (Å²) in [4.78, 5) is 22.2. The number of halogens is 1. The highest BCUT2D eigenvalue weighted by atomic mass is 19.1. The Morgan fingerprint density at radius 1 is 1.47 bits per heavy atom. The van der Waals surface area contributed by atoms with Gasteiger partial charge in [-0.25, -0.2) is 14.0 Å². The van der Waals surface area contributed by atoms with Crippen LogP contribution in [0.15, 0.2) is 18.2 Å². The van der Waals surface area contributed by atoms with Crippen molar-refractivity contribution in [3.05, 3.63) is 24.0 Å². The summed E-state index contributed by atoms with van der Waals surface area (Å²) in [5.74, 6) is -1.69. The molecule has 1 rings (SSSR count). The first-order valence-electron chi connectivity index (χ1n) is 5.61. The smallest absolute Gasteiger partial charge is 0.326 e. The van der Waals surface area contributed by atoms with Gasteiger partial charge in [-0.3, -0.25) is 0 Å². The van der Waals surface area contributed by atoms with E-state index in [1.807, 2.05) is 0 Å². The number of nitrogens with one attached hydrogen (secondary N) is 2. The van der Waals surface area contributed by atoms with Crippen LogP contribution >= 0.6 is 0 Å². The minimum absolute atomic E-state index is 0.0583. The summed E-state index contributed by atoms with van der Waals surface area (Å²) in [7, 11) is 1.33. The first-order valence-corrected chi connectivity index (χ1v) is 5.61. The number of urea groups is 1. The van der Waals surface area contributed by atoms with Crippen molar-refractivity contribution in [2.75, 3.05) is 12.4 Å². The zero-order valence-electron chi connectivity index (χ0n) is 10.6. The summed E-state index contributed by atoms with van der Waals surface area (Å²) in [6.45, 7) is 1.63. The monoisotopic (exact) mass is 270 g/mol. The molecule has 0 heterocycles. The van der Waals surface area contributed by atoms with E-state index in [1.165, 1.54) is 19.2 Å². The molecule has 1 aromatic carbocycles. The number of benzene rings is 1. The maximum Gasteiger partial charge on any atom is 0.326 e. The van der Waals surface area contributed by atoms with Crippen molar-refractivity contribution in [3.63, 3.8) is 0 Å². The van der Waals surface area contributed by atoms with E-state index in [9.17, 15) is 14.0 Å². The minimum atomic E-state index is -1.13. The number of methoxy groups -OCH3 is 1. The Morgan fingerprint density at radius 3 is 2.63 bits per heavy atom. The number of rotatable bonds is 5. The molecule has 0 aliphatic heterocycles. The van der Waals surface area contributed by atoms with E-state index in [4.69, 9.17) is 9.84 Å². The maximum absolute atomic E-state index is 13.4. The molecule has 0 aliphatic rings. The van der Waals surface area contributed by atoms with Crippen LogP contribution in [0.2, 0.25) is 0 Å². The van der Waals surface area contributed by atoms with Gasteiger partial charge in [0.25, 0.3) is 0 Å². The molecule has 0 aromatic heterocycles. The maximum atomic E-state index is 13.4. The number of carbonyl (C=O) groups excluding carboxylic acids is 1. The third-order valence-electron chi connectivity index (χ3n) is 2.42. The van der Waals surface area contributed by atoms with Gasteiger partial charge >= 0.3 is 12.0 Å². The van der Waals surface area contributed by atoms with Crippen LogP contribution in [0.1, 0.15) is 13.3 Å². The number of aliphatic carboxylic acids is 1. The van der Waals surface area contributed by atoms with Gasteiger partial charge in [-0.15, -0.1) is 0 Å². The molecule has 19 heavy (non-hydrogen) atoms. The number of carboxylic acids is 1. The number of anilines is 1. The lowest BCUT2D eigenvalue weighted by Gasteiger charge is -2.13. The van der Waals surface area contributed by atoms with Crippen molar-refractivity contribution >= 4 is 17.7 Å². The summed E-state index contributed by atoms with van der Waals surface area (Å²) >= 11 is 0. The molecule has 0 spiro atoms. The van der Waals surface area contributed by atoms with Gasteiger partial charge < -0.3 is 20.5 Å². The summed E-state index contributed by atoms with van der Waals surface area (Å²) in [6.07, 6.45) is 0.250. The zero-order valence-corrected chi connectivity index (χ0v) is 10.6. The highest BCUT2D eigenvalue weighted by molar-refractivity contribution is 5.92. The number of carbonyl (C=O) groups is 2. The lowest BCUT2D eigenvalue weighted by molar-refractivity contribution is -0.139. The summed E-state index contributed by atoms with van der Waals surface area (Å²) in [5.41, 5.74) is 0.205. The van der Waals surface area contributed by atoms with E-state index in [-0.39, 0.29) is 17.9 Å². The van der Waals surface area contributed by atoms with Gasteiger partial charge in [-0.1, -0.05) is 6.92 Å². The van der Waals surface area contributed by atoms with Crippen molar-refractivity contribution in [2.24, 2.45) is 0 Å². The van der Waals surface area contributed by atoms with Gasteiger partial charge in [0, 0.05) is 11.8 Å². The number of ether oxygens (including phenoxy) is 1. The van der Waals surface area contributed by atoms with Crippen molar-refractivity contribution in [3.8, 4) is 5.75 Å². The number of carboxylic acid groups (broad SMARTS) is 1. The Balaban J connectivity index is 2.67. The van der Waals surface area contributed by atoms with Crippen molar-refractivity contribution < 1.29 is 23.8 Å². The van der Waals surface area contributed by atoms with Gasteiger partial charge in [0.05, 0.1) is 7.11 Å². The van der Waals surface area contributed by atoms with Crippen LogP contribution in [0.4, 0.5) is 14.9 Å². The topological polar surface area (TPSA) is 87.7 Å². The fourth-order valence-electron chi connectivity index (χ4n) is 1.41. The van der Waals surface area contributed by atoms with Gasteiger partial charge in [-0.2, -0.15) is 0 Å². The lowest BCUT2D eigenvalue weighted by Crippen LogP contribution is -2.42. The molecule has 2 amide bonds. The van der Waals surface area contributed by atoms with Gasteiger partial charge in [-0.05, 0) is 18.6 Å². The van der Waals surface area contributed by atoms with Gasteiger partial charge in [0.2, 0.25) is 0 Å². The third-order valence-corrected chi connectivity index (χ3v) is 2.42. The van der Waals surface area contributed by atoms with E-state index < -0.39 is 23.9 Å². The number of hydrogen-bond donors (Lipinski definition) is 3. The van der Waals surface area contributed by atoms with Crippen LogP contribution < -0.4 is 15.4 Å². The molecule has 0 aliphatic carbocycles. The zero-order chi connectivity index (χ0) is 14.4. The van der Waals surface area contributed by atoms with Crippen LogP contribution in [-0.4, -0.2) is 30.3 Å². The fourth-order valence-corrected chi connectivity index (χ4v) is 1.41. The largest absolute Gasteiger partial charge is 0.494 e. The van der Waals surface area contributed by atoms with Crippen molar-refractivity contribution in [1.29, 1.82) is 0 Å². The standard InChI is InChI=1S/C12H15FN2O4/c1-3-9(11(16)17)15-12(18)14-7-4-5-10(19-2)8(13)6-7/h4-6,9H,3H2,1-2H3,(H,16,17)(H2,14,15,18)/t9-/m0/s1. The Morgan fingerprint density at radius 2 is 2.16 bits per heavy atom. The molecule has 0 radical (unpaired) electrons. The van der Waals surface area contributed by atoms with Crippen molar-refractivity contribution in [1.82, 2.24) is 5.32 Å². The van der Waals surface area contributed by atoms with E-state index in [1.54, 1.807) is 6.92 Å². The number of amides is 2. The van der Waals surface area contributed by atoms with E-state index in [2.05, 4.69) is 10.6 Å². The number of hydrogen-bond acceptors (Lipinski definition) is 3. The second-order valence-electron chi connectivity index (χ2n) is 3.75. The Hall–Kier alpha value is -2.31. The lowest BCUT2D eigenvalue weighted by atomic mass is 10.2. The molecular formula is C12H15FN2O4. The van der Waals surface area contributed by atoms with Crippen LogP contribution in [0.3, 0.4) is 0 Å². The predicted octanol–water partition coefficient (Wildman–Crippen LogP) is 1.82. The molecule has 0 saturated carbocycles. The van der Waals surface area contributed by atoms with E-state index in [0.717, 1.165) is 6.07 Å². The van der Waals surface area contributed by atoms with E-state index >= 15 is 0 Å². The van der Waals surface area contributed by atoms with E-state index in [0.29, 0.717) is 0 Å². The molecule has 0 bridgehead atoms. The average Bonchev–Trinajstić information content (AvgIpc) is 2.35. The molecule has 0 fully saturated rings. The Bertz CT molecular complexity index is 479. The summed E-state index contributed by atoms with van der Waals surface area (Å²) in [5, 5.41) is 13.4. The fraction of sp³-hybridized carbons (Fsp3) is 0.333. The summed E-state index contributed by atoms with van der Waals surface area (Å²) < 4.78 is 18.1. The van der Waals surface area contributed by atoms with Crippen LogP contribution in [0.5, 0.6) is 5.75 Å². The molecule has 0 unspecified atom stereocenters. The molecule has 6 nitrogen and oxygen atoms in total. The first-order chi connectivity index (χ1) is 8.97. The molecule has 1 aromatic rings. The molecule has 3 N–H and O–H groups in total. The summed E-state index contributed by atoms with van der Waals surface area (Å²) in [6, 6.07) is 2.20. The Labute approximate surface area is 109 Å². The highest BCUT2D eigenvalue weighted by Crippen LogP contribution is 2.20. The average molecular weight is 270 g/mol. The Kier molecular flexibility index (Phi) is 5.11. The highest BCUT2D eigenvalue weighted by Gasteiger charge is 2.17. The SMILES string of the molecule is CC[C@H](NC(=O)Nc1ccc(OC)c(F)c1)C(=O)O. The van der Waals surface area contributed by atoms with Crippen molar-refractivity contribution in [2.45, 2.75) is 19.4 Å². The van der Waals surface area contributed by atoms with Gasteiger partial charge in [0.15, 0.2) is 11.6 Å². The third kappa shape index (κ3) is 4.13. The van der Waals surface area contributed by atoms with Crippen LogP contribution in [-0.2, 0) is 4.79 Å². The van der Waals surface area contributed by atoms with Crippen LogP contribution in [0.25, 0.3) is 0 Å². The normalized spacial score (nSPS) is 11.5. The molecule has 1 atom stereocenters. The molecule has 7 heteroatoms. The quantitative estimate of drug-likeness (QED) is 0.761.